The van der Waals surface area contributed by atoms with E-state index in [0.717, 1.165) is 12.1 Å². The molecule has 1 fully saturated rings. The van der Waals surface area contributed by atoms with Gasteiger partial charge in [0.1, 0.15) is 0 Å². The van der Waals surface area contributed by atoms with Gasteiger partial charge in [-0.25, -0.2) is 0 Å². The van der Waals surface area contributed by atoms with E-state index in [-0.39, 0.29) is 17.7 Å². The highest BCUT2D eigenvalue weighted by atomic mass is 16.2. The topological polar surface area (TPSA) is 84.2 Å². The predicted octanol–water partition coefficient (Wildman–Crippen LogP) is 3.52. The molecule has 2 rings (SSSR count). The van der Waals surface area contributed by atoms with Crippen LogP contribution in [0.3, 0.4) is 0 Å². The normalized spacial score (nSPS) is 16.7. The second-order valence-electron chi connectivity index (χ2n) is 7.06. The van der Waals surface area contributed by atoms with E-state index >= 15 is 0 Å². The second kappa shape index (κ2) is 8.83. The Kier molecular flexibility index (Phi) is 6.79. The fourth-order valence-corrected chi connectivity index (χ4v) is 3.05. The van der Waals surface area contributed by atoms with E-state index in [4.69, 9.17) is 5.73 Å². The van der Waals surface area contributed by atoms with Crippen LogP contribution in [0.1, 0.15) is 52.4 Å². The van der Waals surface area contributed by atoms with Crippen LogP contribution in [0.5, 0.6) is 0 Å². The molecular weight excluding hydrogens is 302 g/mol. The minimum Gasteiger partial charge on any atom is -0.326 e. The van der Waals surface area contributed by atoms with E-state index in [9.17, 15) is 9.59 Å². The lowest BCUT2D eigenvalue weighted by atomic mass is 9.85. The van der Waals surface area contributed by atoms with Crippen molar-refractivity contribution in [3.8, 4) is 0 Å². The number of nitrogens with two attached hydrogens (primary N) is 1. The fraction of sp³-hybridized carbons (Fsp3) is 0.579. The summed E-state index contributed by atoms with van der Waals surface area (Å²) in [6, 6.07) is 6.65. The van der Waals surface area contributed by atoms with Crippen LogP contribution >= 0.6 is 0 Å². The summed E-state index contributed by atoms with van der Waals surface area (Å²) in [6.45, 7) is 3.69. The molecule has 5 nitrogen and oxygen atoms in total. The van der Waals surface area contributed by atoms with Crippen molar-refractivity contribution in [1.29, 1.82) is 0 Å². The van der Waals surface area contributed by atoms with E-state index in [1.165, 1.54) is 32.1 Å². The molecule has 1 aliphatic carbocycles. The van der Waals surface area contributed by atoms with Crippen molar-refractivity contribution < 1.29 is 9.59 Å². The van der Waals surface area contributed by atoms with Gasteiger partial charge in [0.15, 0.2) is 0 Å². The van der Waals surface area contributed by atoms with E-state index < -0.39 is 6.04 Å². The van der Waals surface area contributed by atoms with Crippen molar-refractivity contribution in [2.45, 2.75) is 58.4 Å². The summed E-state index contributed by atoms with van der Waals surface area (Å²) in [5.74, 6) is 0.344. The maximum absolute atomic E-state index is 12.2. The zero-order valence-electron chi connectivity index (χ0n) is 14.7. The Morgan fingerprint density at radius 3 is 2.00 bits per heavy atom. The van der Waals surface area contributed by atoms with Crippen LogP contribution in [-0.2, 0) is 9.59 Å². The molecule has 1 aromatic rings. The monoisotopic (exact) mass is 331 g/mol. The highest BCUT2D eigenvalue weighted by Crippen LogP contribution is 2.27. The van der Waals surface area contributed by atoms with Gasteiger partial charge >= 0.3 is 0 Å². The van der Waals surface area contributed by atoms with Crippen molar-refractivity contribution >= 4 is 23.2 Å². The van der Waals surface area contributed by atoms with Crippen LogP contribution in [0, 0.1) is 11.8 Å². The number of hydrogen-bond acceptors (Lipinski definition) is 3. The Labute approximate surface area is 144 Å². The second-order valence-corrected chi connectivity index (χ2v) is 7.06. The lowest BCUT2D eigenvalue weighted by molar-refractivity contribution is -0.119. The molecule has 1 unspecified atom stereocenters. The molecule has 5 heteroatoms. The van der Waals surface area contributed by atoms with Gasteiger partial charge < -0.3 is 16.4 Å². The Morgan fingerprint density at radius 2 is 1.50 bits per heavy atom. The van der Waals surface area contributed by atoms with E-state index in [1.807, 2.05) is 13.8 Å². The molecule has 0 saturated heterocycles. The summed E-state index contributed by atoms with van der Waals surface area (Å²) in [4.78, 5) is 23.9. The molecule has 2 amide bonds. The number of benzene rings is 1. The standard InChI is InChI=1S/C19H29N3O2/c1-13(2)18(23)21-15-8-10-16(11-9-15)22-19(24)17(20)12-14-6-4-3-5-7-14/h8-11,13-14,17H,3-7,12,20H2,1-2H3,(H,21,23)(H,22,24). The first-order chi connectivity index (χ1) is 11.5. The SMILES string of the molecule is CC(C)C(=O)Nc1ccc(NC(=O)C(N)CC2CCCCC2)cc1. The number of amides is 2. The van der Waals surface area contributed by atoms with Gasteiger partial charge in [-0.15, -0.1) is 0 Å². The third-order valence-corrected chi connectivity index (χ3v) is 4.59. The maximum atomic E-state index is 12.2. The minimum absolute atomic E-state index is 0.0266. The number of rotatable bonds is 6. The van der Waals surface area contributed by atoms with E-state index in [2.05, 4.69) is 10.6 Å². The summed E-state index contributed by atoms with van der Waals surface area (Å²) in [5, 5.41) is 5.68. The third kappa shape index (κ3) is 5.64. The highest BCUT2D eigenvalue weighted by Gasteiger charge is 2.21. The Hall–Kier alpha value is -1.88. The molecule has 4 N–H and O–H groups in total. The van der Waals surface area contributed by atoms with Crippen molar-refractivity contribution in [1.82, 2.24) is 0 Å². The zero-order valence-corrected chi connectivity index (χ0v) is 14.7. The Bertz CT molecular complexity index is 548. The van der Waals surface area contributed by atoms with Crippen LogP contribution in [0.15, 0.2) is 24.3 Å². The third-order valence-electron chi connectivity index (χ3n) is 4.59. The number of anilines is 2. The molecule has 0 aliphatic heterocycles. The van der Waals surface area contributed by atoms with Crippen molar-refractivity contribution in [3.63, 3.8) is 0 Å². The summed E-state index contributed by atoms with van der Waals surface area (Å²) >= 11 is 0. The molecular formula is C19H29N3O2. The molecule has 132 valence electrons. The van der Waals surface area contributed by atoms with Gasteiger partial charge in [0.05, 0.1) is 6.04 Å². The summed E-state index contributed by atoms with van der Waals surface area (Å²) in [7, 11) is 0. The summed E-state index contributed by atoms with van der Waals surface area (Å²) in [5.41, 5.74) is 7.47. The van der Waals surface area contributed by atoms with Crippen LogP contribution in [0.25, 0.3) is 0 Å². The van der Waals surface area contributed by atoms with Gasteiger partial charge in [0.25, 0.3) is 0 Å². The van der Waals surface area contributed by atoms with Gasteiger partial charge in [0, 0.05) is 17.3 Å². The van der Waals surface area contributed by atoms with Crippen molar-refractivity contribution in [2.75, 3.05) is 10.6 Å². The van der Waals surface area contributed by atoms with E-state index in [1.54, 1.807) is 24.3 Å². The van der Waals surface area contributed by atoms with Gasteiger partial charge in [-0.2, -0.15) is 0 Å². The first-order valence-electron chi connectivity index (χ1n) is 8.93. The van der Waals surface area contributed by atoms with Gasteiger partial charge in [-0.3, -0.25) is 9.59 Å². The quantitative estimate of drug-likeness (QED) is 0.745. The zero-order chi connectivity index (χ0) is 17.5. The van der Waals surface area contributed by atoms with Crippen LogP contribution in [-0.4, -0.2) is 17.9 Å². The van der Waals surface area contributed by atoms with E-state index in [0.29, 0.717) is 11.6 Å². The average molecular weight is 331 g/mol. The predicted molar refractivity (Wildman–Crippen MR) is 97.7 cm³/mol. The summed E-state index contributed by atoms with van der Waals surface area (Å²) in [6.07, 6.45) is 6.94. The minimum atomic E-state index is -0.464. The first-order valence-corrected chi connectivity index (χ1v) is 8.93. The molecule has 0 heterocycles. The average Bonchev–Trinajstić information content (AvgIpc) is 2.57. The summed E-state index contributed by atoms with van der Waals surface area (Å²) < 4.78 is 0. The number of carbonyl (C=O) groups excluding carboxylic acids is 2. The van der Waals surface area contributed by atoms with Crippen molar-refractivity contribution in [3.05, 3.63) is 24.3 Å². The van der Waals surface area contributed by atoms with Gasteiger partial charge in [0.2, 0.25) is 11.8 Å². The number of carbonyl (C=O) groups is 2. The van der Waals surface area contributed by atoms with Crippen molar-refractivity contribution in [2.24, 2.45) is 17.6 Å². The van der Waals surface area contributed by atoms with Crippen LogP contribution < -0.4 is 16.4 Å². The first kappa shape index (κ1) is 18.5. The van der Waals surface area contributed by atoms with Crippen LogP contribution in [0.2, 0.25) is 0 Å². The molecule has 0 aromatic heterocycles. The lowest BCUT2D eigenvalue weighted by Gasteiger charge is -2.24. The number of hydrogen-bond donors (Lipinski definition) is 3. The highest BCUT2D eigenvalue weighted by molar-refractivity contribution is 5.95. The molecule has 1 atom stereocenters. The molecule has 0 spiro atoms. The maximum Gasteiger partial charge on any atom is 0.241 e. The Balaban J connectivity index is 1.83. The Morgan fingerprint density at radius 1 is 1.00 bits per heavy atom. The smallest absolute Gasteiger partial charge is 0.241 e. The molecule has 1 saturated carbocycles. The molecule has 24 heavy (non-hydrogen) atoms. The largest absolute Gasteiger partial charge is 0.326 e. The molecule has 0 bridgehead atoms. The van der Waals surface area contributed by atoms with Gasteiger partial charge in [-0.05, 0) is 36.6 Å². The molecule has 0 radical (unpaired) electrons. The molecule has 1 aromatic carbocycles. The lowest BCUT2D eigenvalue weighted by Crippen LogP contribution is -2.37. The number of nitrogens with one attached hydrogen (secondary N) is 2. The van der Waals surface area contributed by atoms with Gasteiger partial charge in [-0.1, -0.05) is 46.0 Å². The fourth-order valence-electron chi connectivity index (χ4n) is 3.05. The van der Waals surface area contributed by atoms with Crippen LogP contribution in [0.4, 0.5) is 11.4 Å². The molecule has 1 aliphatic rings.